The van der Waals surface area contributed by atoms with Gasteiger partial charge in [-0.15, -0.1) is 0 Å². The van der Waals surface area contributed by atoms with Crippen LogP contribution in [0.15, 0.2) is 18.3 Å². The highest BCUT2D eigenvalue weighted by molar-refractivity contribution is 5.86. The molecule has 1 amide bonds. The zero-order valence-corrected chi connectivity index (χ0v) is 12.3. The molecule has 0 aromatic carbocycles. The molecule has 2 heterocycles. The Morgan fingerprint density at radius 3 is 3.14 bits per heavy atom. The van der Waals surface area contributed by atoms with E-state index >= 15 is 0 Å². The van der Waals surface area contributed by atoms with Crippen molar-refractivity contribution in [3.63, 3.8) is 0 Å². The van der Waals surface area contributed by atoms with Crippen molar-refractivity contribution in [2.45, 2.75) is 31.5 Å². The fraction of sp³-hybridized carbons (Fsp3) is 0.600. The summed E-state index contributed by atoms with van der Waals surface area (Å²) in [5.41, 5.74) is 1.10. The smallest absolute Gasteiger partial charge is 0.245 e. The van der Waals surface area contributed by atoms with Crippen molar-refractivity contribution in [2.24, 2.45) is 0 Å². The van der Waals surface area contributed by atoms with Gasteiger partial charge in [0.05, 0.1) is 13.2 Å². The molecule has 2 fully saturated rings. The van der Waals surface area contributed by atoms with Gasteiger partial charge in [0.25, 0.3) is 0 Å². The number of amides is 1. The highest BCUT2D eigenvalue weighted by Crippen LogP contribution is 2.24. The van der Waals surface area contributed by atoms with Gasteiger partial charge in [-0.2, -0.15) is 0 Å². The minimum atomic E-state index is -0.287. The van der Waals surface area contributed by atoms with E-state index in [2.05, 4.69) is 20.5 Å². The predicted octanol–water partition coefficient (Wildman–Crippen LogP) is 0.285. The van der Waals surface area contributed by atoms with Crippen molar-refractivity contribution in [2.75, 3.05) is 31.7 Å². The summed E-state index contributed by atoms with van der Waals surface area (Å²) in [6, 6.07) is 4.05. The molecule has 1 saturated carbocycles. The summed E-state index contributed by atoms with van der Waals surface area (Å²) in [6.45, 7) is 2.48. The number of rotatable bonds is 5. The summed E-state index contributed by atoms with van der Waals surface area (Å²) >= 11 is 0. The van der Waals surface area contributed by atoms with Crippen LogP contribution < -0.4 is 15.5 Å². The summed E-state index contributed by atoms with van der Waals surface area (Å²) in [5, 5.41) is 6.22. The second kappa shape index (κ2) is 6.41. The van der Waals surface area contributed by atoms with E-state index < -0.39 is 0 Å². The monoisotopic (exact) mass is 290 g/mol. The molecule has 2 aliphatic rings. The van der Waals surface area contributed by atoms with E-state index in [1.165, 1.54) is 0 Å². The van der Waals surface area contributed by atoms with E-state index in [9.17, 15) is 4.79 Å². The van der Waals surface area contributed by atoms with E-state index in [-0.39, 0.29) is 11.9 Å². The summed E-state index contributed by atoms with van der Waals surface area (Å²) < 4.78 is 5.51. The van der Waals surface area contributed by atoms with Gasteiger partial charge in [0, 0.05) is 30.9 Å². The van der Waals surface area contributed by atoms with Crippen LogP contribution in [0, 0.1) is 0 Å². The number of morpholine rings is 1. The summed E-state index contributed by atoms with van der Waals surface area (Å²) in [6.07, 6.45) is 3.96. The Balaban J connectivity index is 1.81. The van der Waals surface area contributed by atoms with Crippen molar-refractivity contribution in [1.82, 2.24) is 15.6 Å². The summed E-state index contributed by atoms with van der Waals surface area (Å²) in [4.78, 5) is 19.0. The molecule has 6 nitrogen and oxygen atoms in total. The number of hydrogen-bond acceptors (Lipinski definition) is 5. The largest absolute Gasteiger partial charge is 0.377 e. The van der Waals surface area contributed by atoms with Gasteiger partial charge in [0.15, 0.2) is 0 Å². The van der Waals surface area contributed by atoms with Crippen LogP contribution in [0.25, 0.3) is 0 Å². The predicted molar refractivity (Wildman–Crippen MR) is 80.1 cm³/mol. The molecule has 21 heavy (non-hydrogen) atoms. The normalized spacial score (nSPS) is 22.1. The maximum Gasteiger partial charge on any atom is 0.245 e. The molecule has 0 radical (unpaired) electrons. The van der Waals surface area contributed by atoms with Gasteiger partial charge in [-0.25, -0.2) is 4.98 Å². The first-order valence-corrected chi connectivity index (χ1v) is 7.53. The maximum absolute atomic E-state index is 12.4. The quantitative estimate of drug-likeness (QED) is 0.816. The lowest BCUT2D eigenvalue weighted by molar-refractivity contribution is -0.124. The molecule has 2 N–H and O–H groups in total. The molecule has 0 spiro atoms. The topological polar surface area (TPSA) is 66.5 Å². The van der Waals surface area contributed by atoms with E-state index in [0.29, 0.717) is 25.8 Å². The average molecular weight is 290 g/mol. The molecule has 1 aliphatic carbocycles. The number of pyridine rings is 1. The molecule has 1 atom stereocenters. The molecule has 1 aliphatic heterocycles. The molecule has 1 saturated heterocycles. The first kappa shape index (κ1) is 14.3. The van der Waals surface area contributed by atoms with Crippen LogP contribution in [0.4, 0.5) is 5.82 Å². The van der Waals surface area contributed by atoms with Gasteiger partial charge in [-0.05, 0) is 26.0 Å². The fourth-order valence-electron chi connectivity index (χ4n) is 2.62. The Kier molecular flexibility index (Phi) is 4.36. The first-order valence-electron chi connectivity index (χ1n) is 7.53. The highest BCUT2D eigenvalue weighted by atomic mass is 16.5. The van der Waals surface area contributed by atoms with Gasteiger partial charge >= 0.3 is 0 Å². The summed E-state index contributed by atoms with van der Waals surface area (Å²) in [5.74, 6) is 0.935. The van der Waals surface area contributed by atoms with Crippen LogP contribution in [0.1, 0.15) is 18.4 Å². The molecule has 6 heteroatoms. The lowest BCUT2D eigenvalue weighted by Crippen LogP contribution is -2.55. The molecule has 1 aromatic heterocycles. The maximum atomic E-state index is 12.4. The molecule has 1 aromatic rings. The van der Waals surface area contributed by atoms with Crippen LogP contribution in [-0.4, -0.2) is 49.8 Å². The molecular weight excluding hydrogens is 268 g/mol. The minimum Gasteiger partial charge on any atom is -0.377 e. The molecule has 3 rings (SSSR count). The zero-order chi connectivity index (χ0) is 14.7. The fourth-order valence-corrected chi connectivity index (χ4v) is 2.62. The number of nitrogens with one attached hydrogen (secondary N) is 2. The third-order valence-electron chi connectivity index (χ3n) is 3.86. The standard InChI is InChI=1S/C15H22N4O2/c1-16-9-11-3-2-6-17-14(11)19-7-8-21-10-13(19)15(20)18-12-4-5-12/h2-3,6,12-13,16H,4-5,7-10H2,1H3,(H,18,20). The Morgan fingerprint density at radius 1 is 1.52 bits per heavy atom. The Hall–Kier alpha value is -1.66. The van der Waals surface area contributed by atoms with Gasteiger partial charge in [-0.1, -0.05) is 6.07 Å². The Labute approximate surface area is 124 Å². The van der Waals surface area contributed by atoms with E-state index in [0.717, 1.165) is 30.8 Å². The van der Waals surface area contributed by atoms with Crippen molar-refractivity contribution >= 4 is 11.7 Å². The average Bonchev–Trinajstić information content (AvgIpc) is 3.32. The number of ether oxygens (including phenoxy) is 1. The van der Waals surface area contributed by atoms with Crippen molar-refractivity contribution < 1.29 is 9.53 Å². The van der Waals surface area contributed by atoms with E-state index in [4.69, 9.17) is 4.74 Å². The first-order chi connectivity index (χ1) is 10.3. The SMILES string of the molecule is CNCc1cccnc1N1CCOCC1C(=O)NC1CC1. The second-order valence-corrected chi connectivity index (χ2v) is 5.58. The molecule has 1 unspecified atom stereocenters. The second-order valence-electron chi connectivity index (χ2n) is 5.58. The zero-order valence-electron chi connectivity index (χ0n) is 12.3. The van der Waals surface area contributed by atoms with Gasteiger partial charge in [0.2, 0.25) is 5.91 Å². The third-order valence-corrected chi connectivity index (χ3v) is 3.86. The number of carbonyl (C=O) groups is 1. The Morgan fingerprint density at radius 2 is 2.38 bits per heavy atom. The minimum absolute atomic E-state index is 0.0539. The van der Waals surface area contributed by atoms with Crippen LogP contribution in [-0.2, 0) is 16.1 Å². The lowest BCUT2D eigenvalue weighted by atomic mass is 10.1. The number of anilines is 1. The third kappa shape index (κ3) is 3.33. The van der Waals surface area contributed by atoms with Crippen LogP contribution in [0.3, 0.4) is 0 Å². The van der Waals surface area contributed by atoms with E-state index in [1.807, 2.05) is 19.2 Å². The van der Waals surface area contributed by atoms with Crippen molar-refractivity contribution in [3.05, 3.63) is 23.9 Å². The lowest BCUT2D eigenvalue weighted by Gasteiger charge is -2.36. The van der Waals surface area contributed by atoms with Crippen LogP contribution in [0.5, 0.6) is 0 Å². The molecular formula is C15H22N4O2. The number of carbonyl (C=O) groups excluding carboxylic acids is 1. The van der Waals surface area contributed by atoms with Gasteiger partial charge in [0.1, 0.15) is 11.9 Å². The number of aromatic nitrogens is 1. The molecule has 114 valence electrons. The van der Waals surface area contributed by atoms with Crippen LogP contribution >= 0.6 is 0 Å². The molecule has 0 bridgehead atoms. The van der Waals surface area contributed by atoms with Crippen molar-refractivity contribution in [1.29, 1.82) is 0 Å². The van der Waals surface area contributed by atoms with Gasteiger partial charge in [-0.3, -0.25) is 4.79 Å². The number of nitrogens with zero attached hydrogens (tertiary/aromatic N) is 2. The number of hydrogen-bond donors (Lipinski definition) is 2. The highest BCUT2D eigenvalue weighted by Gasteiger charge is 2.34. The van der Waals surface area contributed by atoms with E-state index in [1.54, 1.807) is 6.20 Å². The van der Waals surface area contributed by atoms with Crippen LogP contribution in [0.2, 0.25) is 0 Å². The Bertz CT molecular complexity index is 504. The summed E-state index contributed by atoms with van der Waals surface area (Å²) in [7, 11) is 1.91. The van der Waals surface area contributed by atoms with Crippen molar-refractivity contribution in [3.8, 4) is 0 Å². The van der Waals surface area contributed by atoms with Gasteiger partial charge < -0.3 is 20.3 Å².